The van der Waals surface area contributed by atoms with Gasteiger partial charge < -0.3 is 0 Å². The van der Waals surface area contributed by atoms with E-state index in [-0.39, 0.29) is 5.82 Å². The minimum absolute atomic E-state index is 0.262. The van der Waals surface area contributed by atoms with E-state index in [4.69, 9.17) is 0 Å². The fourth-order valence-electron chi connectivity index (χ4n) is 1.64. The first-order chi connectivity index (χ1) is 8.15. The Morgan fingerprint density at radius 2 is 1.94 bits per heavy atom. The number of nitrogens with one attached hydrogen (secondary N) is 1. The van der Waals surface area contributed by atoms with Crippen molar-refractivity contribution in [3.63, 3.8) is 0 Å². The standard InChI is InChI=1S/C11H8BrFN4/c1-6-9(12)17-11(14-6)15-10(16-17)7-2-4-8(13)5-3-7/h2-5H,1H3,(H,14,15,16). The maximum Gasteiger partial charge on any atom is 0.252 e. The summed E-state index contributed by atoms with van der Waals surface area (Å²) in [4.78, 5) is 8.61. The summed E-state index contributed by atoms with van der Waals surface area (Å²) in [6.07, 6.45) is 0. The molecule has 2 heterocycles. The number of imidazole rings is 1. The molecule has 0 atom stereocenters. The highest BCUT2D eigenvalue weighted by atomic mass is 79.9. The number of hydrogen-bond donors (Lipinski definition) is 1. The van der Waals surface area contributed by atoms with Crippen molar-refractivity contribution in [3.05, 3.63) is 40.4 Å². The highest BCUT2D eigenvalue weighted by Gasteiger charge is 2.11. The predicted molar refractivity (Wildman–Crippen MR) is 65.2 cm³/mol. The number of aryl methyl sites for hydroxylation is 1. The van der Waals surface area contributed by atoms with Crippen LogP contribution in [0.2, 0.25) is 0 Å². The highest BCUT2D eigenvalue weighted by Crippen LogP contribution is 2.21. The molecule has 0 radical (unpaired) electrons. The van der Waals surface area contributed by atoms with Gasteiger partial charge >= 0.3 is 0 Å². The van der Waals surface area contributed by atoms with Gasteiger partial charge in [-0.1, -0.05) is 0 Å². The number of rotatable bonds is 1. The molecule has 2 aromatic heterocycles. The topological polar surface area (TPSA) is 46.0 Å². The van der Waals surface area contributed by atoms with E-state index < -0.39 is 0 Å². The summed E-state index contributed by atoms with van der Waals surface area (Å²) in [5.41, 5.74) is 1.69. The number of aromatic nitrogens is 4. The normalized spacial score (nSPS) is 11.2. The quantitative estimate of drug-likeness (QED) is 0.750. The van der Waals surface area contributed by atoms with E-state index in [1.54, 1.807) is 16.6 Å². The van der Waals surface area contributed by atoms with Gasteiger partial charge in [-0.15, -0.1) is 0 Å². The van der Waals surface area contributed by atoms with Crippen LogP contribution >= 0.6 is 15.9 Å². The maximum atomic E-state index is 12.8. The van der Waals surface area contributed by atoms with Crippen LogP contribution in [0.25, 0.3) is 17.2 Å². The Hall–Kier alpha value is -1.69. The van der Waals surface area contributed by atoms with Crippen molar-refractivity contribution < 1.29 is 4.39 Å². The molecule has 6 heteroatoms. The average molecular weight is 295 g/mol. The Morgan fingerprint density at radius 3 is 2.59 bits per heavy atom. The smallest absolute Gasteiger partial charge is 0.252 e. The summed E-state index contributed by atoms with van der Waals surface area (Å²) in [6, 6.07) is 6.16. The molecule has 0 saturated carbocycles. The van der Waals surface area contributed by atoms with Gasteiger partial charge in [0.1, 0.15) is 10.4 Å². The fraction of sp³-hybridized carbons (Fsp3) is 0.0909. The highest BCUT2D eigenvalue weighted by molar-refractivity contribution is 9.10. The van der Waals surface area contributed by atoms with Crippen molar-refractivity contribution in [1.82, 2.24) is 19.6 Å². The van der Waals surface area contributed by atoms with Gasteiger partial charge in [0.15, 0.2) is 5.82 Å². The molecule has 0 spiro atoms. The molecule has 3 aromatic rings. The fourth-order valence-corrected chi connectivity index (χ4v) is 1.97. The third-order valence-corrected chi connectivity index (χ3v) is 3.44. The first-order valence-corrected chi connectivity index (χ1v) is 5.81. The lowest BCUT2D eigenvalue weighted by Crippen LogP contribution is -1.86. The summed E-state index contributed by atoms with van der Waals surface area (Å²) in [5, 5.41) is 3.09. The van der Waals surface area contributed by atoms with Gasteiger partial charge in [0.25, 0.3) is 5.78 Å². The van der Waals surface area contributed by atoms with E-state index in [0.29, 0.717) is 11.6 Å². The van der Waals surface area contributed by atoms with Crippen LogP contribution in [0.1, 0.15) is 5.69 Å². The summed E-state index contributed by atoms with van der Waals surface area (Å²) < 4.78 is 15.4. The molecule has 1 N–H and O–H groups in total. The maximum absolute atomic E-state index is 12.8. The average Bonchev–Trinajstić information content (AvgIpc) is 2.82. The predicted octanol–water partition coefficient (Wildman–Crippen LogP) is 2.93. The largest absolute Gasteiger partial charge is 0.273 e. The van der Waals surface area contributed by atoms with Crippen LogP contribution in [0.4, 0.5) is 4.39 Å². The second-order valence-electron chi connectivity index (χ2n) is 3.70. The van der Waals surface area contributed by atoms with E-state index in [0.717, 1.165) is 15.9 Å². The third kappa shape index (κ3) is 1.64. The van der Waals surface area contributed by atoms with Gasteiger partial charge in [-0.3, -0.25) is 5.10 Å². The molecule has 0 aliphatic heterocycles. The Kier molecular flexibility index (Phi) is 2.25. The van der Waals surface area contributed by atoms with E-state index in [1.165, 1.54) is 12.1 Å². The molecule has 0 unspecified atom stereocenters. The molecule has 3 rings (SSSR count). The lowest BCUT2D eigenvalue weighted by Gasteiger charge is -1.95. The Bertz CT molecular complexity index is 683. The Labute approximate surface area is 105 Å². The van der Waals surface area contributed by atoms with Gasteiger partial charge in [0, 0.05) is 5.56 Å². The van der Waals surface area contributed by atoms with E-state index in [9.17, 15) is 4.39 Å². The van der Waals surface area contributed by atoms with Gasteiger partial charge in [-0.25, -0.2) is 13.9 Å². The van der Waals surface area contributed by atoms with Gasteiger partial charge in [-0.2, -0.15) is 4.98 Å². The number of fused-ring (bicyclic) bond motifs is 1. The van der Waals surface area contributed by atoms with Crippen molar-refractivity contribution in [2.75, 3.05) is 0 Å². The molecule has 1 aromatic carbocycles. The molecule has 0 aliphatic rings. The number of aromatic amines is 1. The van der Waals surface area contributed by atoms with Crippen LogP contribution in [0, 0.1) is 12.7 Å². The number of nitrogens with zero attached hydrogens (tertiary/aromatic N) is 3. The second kappa shape index (κ2) is 3.66. The second-order valence-corrected chi connectivity index (χ2v) is 4.45. The molecular formula is C11H8BrFN4. The molecule has 0 saturated heterocycles. The van der Waals surface area contributed by atoms with Crippen LogP contribution in [0.15, 0.2) is 28.9 Å². The van der Waals surface area contributed by atoms with Crippen LogP contribution in [0.5, 0.6) is 0 Å². The molecule has 0 aliphatic carbocycles. The summed E-state index contributed by atoms with van der Waals surface area (Å²) >= 11 is 3.42. The Morgan fingerprint density at radius 1 is 1.24 bits per heavy atom. The molecule has 17 heavy (non-hydrogen) atoms. The first-order valence-electron chi connectivity index (χ1n) is 5.01. The number of hydrogen-bond acceptors (Lipinski definition) is 2. The van der Waals surface area contributed by atoms with Gasteiger partial charge in [-0.05, 0) is 47.1 Å². The van der Waals surface area contributed by atoms with Crippen molar-refractivity contribution in [3.8, 4) is 11.4 Å². The minimum Gasteiger partial charge on any atom is -0.273 e. The molecule has 0 fully saturated rings. The van der Waals surface area contributed by atoms with Crippen molar-refractivity contribution in [1.29, 1.82) is 0 Å². The molecule has 0 bridgehead atoms. The molecule has 4 nitrogen and oxygen atoms in total. The van der Waals surface area contributed by atoms with Crippen molar-refractivity contribution in [2.45, 2.75) is 6.92 Å². The van der Waals surface area contributed by atoms with Crippen LogP contribution < -0.4 is 0 Å². The first kappa shape index (κ1) is 10.5. The SMILES string of the molecule is Cc1nc2nc(-c3ccc(F)cc3)[nH]n2c1Br. The Balaban J connectivity index is 2.15. The van der Waals surface area contributed by atoms with Crippen LogP contribution in [-0.2, 0) is 0 Å². The minimum atomic E-state index is -0.262. The third-order valence-electron chi connectivity index (χ3n) is 2.51. The number of halogens is 2. The lowest BCUT2D eigenvalue weighted by molar-refractivity contribution is 0.628. The molecule has 86 valence electrons. The van der Waals surface area contributed by atoms with Gasteiger partial charge in [0.2, 0.25) is 0 Å². The van der Waals surface area contributed by atoms with Crippen LogP contribution in [-0.4, -0.2) is 19.6 Å². The monoisotopic (exact) mass is 294 g/mol. The molecular weight excluding hydrogens is 287 g/mol. The van der Waals surface area contributed by atoms with Crippen LogP contribution in [0.3, 0.4) is 0 Å². The summed E-state index contributed by atoms with van der Waals surface area (Å²) in [5.74, 6) is 0.990. The van der Waals surface area contributed by atoms with Gasteiger partial charge in [0.05, 0.1) is 5.69 Å². The van der Waals surface area contributed by atoms with Crippen molar-refractivity contribution >= 4 is 21.7 Å². The van der Waals surface area contributed by atoms with Crippen molar-refractivity contribution in [2.24, 2.45) is 0 Å². The zero-order valence-corrected chi connectivity index (χ0v) is 10.5. The number of H-pyrrole nitrogens is 1. The van der Waals surface area contributed by atoms with E-state index in [1.807, 2.05) is 6.92 Å². The number of benzene rings is 1. The summed E-state index contributed by atoms with van der Waals surface area (Å²) in [7, 11) is 0. The summed E-state index contributed by atoms with van der Waals surface area (Å²) in [6.45, 7) is 1.89. The van der Waals surface area contributed by atoms with E-state index >= 15 is 0 Å². The van der Waals surface area contributed by atoms with E-state index in [2.05, 4.69) is 31.0 Å². The zero-order chi connectivity index (χ0) is 12.0. The molecule has 0 amide bonds. The lowest BCUT2D eigenvalue weighted by atomic mass is 10.2. The zero-order valence-electron chi connectivity index (χ0n) is 8.91.